The summed E-state index contributed by atoms with van der Waals surface area (Å²) in [4.78, 5) is 14.4. The minimum atomic E-state index is -4.76. The molecule has 130 valence electrons. The van der Waals surface area contributed by atoms with Gasteiger partial charge in [0.1, 0.15) is 11.4 Å². The molecule has 1 aliphatic heterocycles. The highest BCUT2D eigenvalue weighted by atomic mass is 19.4. The predicted octanol–water partition coefficient (Wildman–Crippen LogP) is 3.72. The second-order valence-electron chi connectivity index (χ2n) is 5.75. The van der Waals surface area contributed by atoms with Gasteiger partial charge in [0, 0.05) is 10.9 Å². The van der Waals surface area contributed by atoms with Crippen LogP contribution >= 0.6 is 0 Å². The van der Waals surface area contributed by atoms with Gasteiger partial charge < -0.3 is 19.6 Å². The van der Waals surface area contributed by atoms with E-state index >= 15 is 0 Å². The number of benzene rings is 1. The van der Waals surface area contributed by atoms with Crippen molar-refractivity contribution in [1.29, 1.82) is 0 Å². The van der Waals surface area contributed by atoms with Gasteiger partial charge in [-0.25, -0.2) is 0 Å². The molecule has 0 bridgehead atoms. The number of H-pyrrole nitrogens is 1. The topological polar surface area (TPSA) is 71.5 Å². The van der Waals surface area contributed by atoms with Crippen LogP contribution < -0.4 is 4.74 Å². The fraction of sp³-hybridized carbons (Fsp3) is 0.438. The monoisotopic (exact) mass is 343 g/mol. The molecule has 0 saturated heterocycles. The number of ether oxygens (including phenoxy) is 2. The van der Waals surface area contributed by atoms with E-state index in [1.54, 1.807) is 0 Å². The highest BCUT2D eigenvalue weighted by Crippen LogP contribution is 2.42. The third-order valence-corrected chi connectivity index (χ3v) is 4.31. The number of hydrogen-bond acceptors (Lipinski definition) is 3. The van der Waals surface area contributed by atoms with Gasteiger partial charge >= 0.3 is 12.3 Å². The van der Waals surface area contributed by atoms with E-state index in [0.29, 0.717) is 36.0 Å². The summed E-state index contributed by atoms with van der Waals surface area (Å²) in [5, 5.41) is 9.79. The van der Waals surface area contributed by atoms with Gasteiger partial charge in [-0.3, -0.25) is 4.79 Å². The Morgan fingerprint density at radius 1 is 1.46 bits per heavy atom. The van der Waals surface area contributed by atoms with Crippen LogP contribution in [0.3, 0.4) is 0 Å². The van der Waals surface area contributed by atoms with E-state index < -0.39 is 17.9 Å². The Bertz CT molecular complexity index is 783. The zero-order valence-corrected chi connectivity index (χ0v) is 12.9. The molecule has 0 radical (unpaired) electrons. The zero-order valence-electron chi connectivity index (χ0n) is 12.9. The summed E-state index contributed by atoms with van der Waals surface area (Å²) in [6, 6.07) is 4.05. The molecule has 1 unspecified atom stereocenters. The van der Waals surface area contributed by atoms with Gasteiger partial charge in [-0.05, 0) is 36.6 Å². The van der Waals surface area contributed by atoms with Crippen LogP contribution in [0.15, 0.2) is 18.2 Å². The van der Waals surface area contributed by atoms with Gasteiger partial charge in [0.05, 0.1) is 18.7 Å². The maximum Gasteiger partial charge on any atom is 0.573 e. The van der Waals surface area contributed by atoms with Crippen LogP contribution in [0.2, 0.25) is 0 Å². The number of fused-ring (bicyclic) bond motifs is 3. The minimum absolute atomic E-state index is 0.213. The third kappa shape index (κ3) is 2.93. The molecule has 0 saturated carbocycles. The third-order valence-electron chi connectivity index (χ3n) is 4.31. The lowest BCUT2D eigenvalue weighted by atomic mass is 9.86. The SMILES string of the molecule is CCC1(CC(=O)O)OCCc2c1[nH]c1ccc(OC(F)(F)F)cc21. The fourth-order valence-electron chi connectivity index (χ4n) is 3.28. The molecule has 1 aromatic carbocycles. The van der Waals surface area contributed by atoms with Crippen molar-refractivity contribution in [3.8, 4) is 5.75 Å². The van der Waals surface area contributed by atoms with Crippen molar-refractivity contribution in [3.63, 3.8) is 0 Å². The summed E-state index contributed by atoms with van der Waals surface area (Å²) < 4.78 is 47.0. The van der Waals surface area contributed by atoms with Gasteiger partial charge in [0.2, 0.25) is 0 Å². The Labute approximate surface area is 135 Å². The summed E-state index contributed by atoms with van der Waals surface area (Å²) in [7, 11) is 0. The molecule has 1 atom stereocenters. The van der Waals surface area contributed by atoms with E-state index in [2.05, 4.69) is 9.72 Å². The van der Waals surface area contributed by atoms with Crippen LogP contribution in [0.25, 0.3) is 10.9 Å². The number of hydrogen-bond donors (Lipinski definition) is 2. The Balaban J connectivity index is 2.10. The lowest BCUT2D eigenvalue weighted by Gasteiger charge is -2.35. The smallest absolute Gasteiger partial charge is 0.481 e. The van der Waals surface area contributed by atoms with Crippen molar-refractivity contribution in [2.45, 2.75) is 38.1 Å². The molecular weight excluding hydrogens is 327 g/mol. The van der Waals surface area contributed by atoms with Crippen LogP contribution in [0, 0.1) is 0 Å². The summed E-state index contributed by atoms with van der Waals surface area (Å²) >= 11 is 0. The Morgan fingerprint density at radius 2 is 2.21 bits per heavy atom. The average Bonchev–Trinajstić information content (AvgIpc) is 2.84. The number of rotatable bonds is 4. The number of alkyl halides is 3. The first-order valence-electron chi connectivity index (χ1n) is 7.51. The van der Waals surface area contributed by atoms with Gasteiger partial charge in [-0.15, -0.1) is 13.2 Å². The summed E-state index contributed by atoms with van der Waals surface area (Å²) in [5.74, 6) is -1.30. The first-order chi connectivity index (χ1) is 11.2. The highest BCUT2D eigenvalue weighted by Gasteiger charge is 2.41. The second kappa shape index (κ2) is 5.70. The molecule has 2 N–H and O–H groups in total. The molecule has 0 aliphatic carbocycles. The maximum atomic E-state index is 12.4. The van der Waals surface area contributed by atoms with Crippen LogP contribution in [0.1, 0.15) is 31.0 Å². The highest BCUT2D eigenvalue weighted by molar-refractivity contribution is 5.87. The number of halogens is 3. The van der Waals surface area contributed by atoms with E-state index in [1.165, 1.54) is 18.2 Å². The van der Waals surface area contributed by atoms with Crippen LogP contribution in [-0.2, 0) is 21.6 Å². The molecule has 8 heteroatoms. The number of carbonyl (C=O) groups is 1. The Hall–Kier alpha value is -2.22. The molecule has 0 spiro atoms. The number of aromatic nitrogens is 1. The molecule has 2 aromatic rings. The number of aliphatic carboxylic acids is 1. The number of carboxylic acid groups (broad SMARTS) is 1. The van der Waals surface area contributed by atoms with Crippen molar-refractivity contribution >= 4 is 16.9 Å². The van der Waals surface area contributed by atoms with Crippen molar-refractivity contribution in [3.05, 3.63) is 29.5 Å². The molecule has 0 amide bonds. The standard InChI is InChI=1S/C16H16F3NO4/c1-2-15(8-13(21)22)14-10(5-6-23-15)11-7-9(24-16(17,18)19)3-4-12(11)20-14/h3-4,7,20H,2,5-6,8H2,1H3,(H,21,22). The van der Waals surface area contributed by atoms with Gasteiger partial charge in [0.15, 0.2) is 0 Å². The molecular formula is C16H16F3NO4. The molecule has 1 aromatic heterocycles. The average molecular weight is 343 g/mol. The number of aromatic amines is 1. The van der Waals surface area contributed by atoms with Crippen LogP contribution in [-0.4, -0.2) is 29.0 Å². The molecule has 2 heterocycles. The summed E-state index contributed by atoms with van der Waals surface area (Å²) in [6.45, 7) is 2.13. The molecule has 24 heavy (non-hydrogen) atoms. The lowest BCUT2D eigenvalue weighted by Crippen LogP contribution is -2.37. The summed E-state index contributed by atoms with van der Waals surface area (Å²) in [6.07, 6.45) is -4.05. The largest absolute Gasteiger partial charge is 0.573 e. The van der Waals surface area contributed by atoms with Gasteiger partial charge in [-0.2, -0.15) is 0 Å². The molecule has 1 aliphatic rings. The quantitative estimate of drug-likeness (QED) is 0.888. The van der Waals surface area contributed by atoms with Crippen LogP contribution in [0.4, 0.5) is 13.2 Å². The normalized spacial score (nSPS) is 20.8. The number of nitrogens with one attached hydrogen (secondary N) is 1. The number of carboxylic acids is 1. The van der Waals surface area contributed by atoms with E-state index in [4.69, 9.17) is 4.74 Å². The second-order valence-corrected chi connectivity index (χ2v) is 5.75. The van der Waals surface area contributed by atoms with Gasteiger partial charge in [0.25, 0.3) is 0 Å². The molecule has 0 fully saturated rings. The predicted molar refractivity (Wildman–Crippen MR) is 78.9 cm³/mol. The van der Waals surface area contributed by atoms with E-state index in [-0.39, 0.29) is 12.2 Å². The first-order valence-corrected chi connectivity index (χ1v) is 7.51. The van der Waals surface area contributed by atoms with E-state index in [9.17, 15) is 23.1 Å². The van der Waals surface area contributed by atoms with Gasteiger partial charge in [-0.1, -0.05) is 6.92 Å². The first kappa shape index (κ1) is 16.6. The molecule has 5 nitrogen and oxygen atoms in total. The zero-order chi connectivity index (χ0) is 17.5. The molecule has 3 rings (SSSR count). The summed E-state index contributed by atoms with van der Waals surface area (Å²) in [5.41, 5.74) is 1.04. The lowest BCUT2D eigenvalue weighted by molar-refractivity contribution is -0.274. The van der Waals surface area contributed by atoms with Crippen molar-refractivity contribution in [2.24, 2.45) is 0 Å². The van der Waals surface area contributed by atoms with Crippen molar-refractivity contribution in [2.75, 3.05) is 6.61 Å². The fourth-order valence-corrected chi connectivity index (χ4v) is 3.28. The van der Waals surface area contributed by atoms with E-state index in [0.717, 1.165) is 5.56 Å². The van der Waals surface area contributed by atoms with Crippen molar-refractivity contribution < 1.29 is 32.5 Å². The minimum Gasteiger partial charge on any atom is -0.481 e. The Kier molecular flexibility index (Phi) is 3.95. The van der Waals surface area contributed by atoms with E-state index in [1.807, 2.05) is 6.92 Å². The Morgan fingerprint density at radius 3 is 2.83 bits per heavy atom. The maximum absolute atomic E-state index is 12.4. The van der Waals surface area contributed by atoms with Crippen LogP contribution in [0.5, 0.6) is 5.75 Å². The van der Waals surface area contributed by atoms with Crippen molar-refractivity contribution in [1.82, 2.24) is 4.98 Å².